The number of nitrogens with one attached hydrogen (secondary N) is 1. The van der Waals surface area contributed by atoms with Gasteiger partial charge in [0.25, 0.3) is 0 Å². The molecule has 0 bridgehead atoms. The van der Waals surface area contributed by atoms with Crippen LogP contribution in [0.2, 0.25) is 0 Å². The Bertz CT molecular complexity index is 256. The lowest BCUT2D eigenvalue weighted by atomic mass is 10.2. The molecule has 1 aromatic rings. The van der Waals surface area contributed by atoms with E-state index in [9.17, 15) is 4.79 Å². The Kier molecular flexibility index (Phi) is 4.03. The van der Waals surface area contributed by atoms with Gasteiger partial charge in [-0.15, -0.1) is 0 Å². The number of benzene rings is 1. The lowest BCUT2D eigenvalue weighted by molar-refractivity contribution is -0.121. The van der Waals surface area contributed by atoms with Gasteiger partial charge in [0, 0.05) is 13.0 Å². The molecular formula is C11H14NO. The van der Waals surface area contributed by atoms with Crippen LogP contribution in [0.25, 0.3) is 0 Å². The normalized spacial score (nSPS) is 9.62. The second-order valence-electron chi connectivity index (χ2n) is 2.93. The molecule has 1 rings (SSSR count). The molecule has 2 heteroatoms. The molecule has 0 unspecified atom stereocenters. The number of carbonyl (C=O) groups is 1. The summed E-state index contributed by atoms with van der Waals surface area (Å²) >= 11 is 0. The predicted octanol–water partition coefficient (Wildman–Crippen LogP) is 1.90. The largest absolute Gasteiger partial charge is 0.352 e. The molecule has 0 heterocycles. The van der Waals surface area contributed by atoms with Crippen LogP contribution in [0.5, 0.6) is 0 Å². The van der Waals surface area contributed by atoms with Crippen molar-refractivity contribution in [3.8, 4) is 0 Å². The molecule has 1 aromatic carbocycles. The minimum atomic E-state index is 0.121. The van der Waals surface area contributed by atoms with E-state index < -0.39 is 0 Å². The van der Waals surface area contributed by atoms with Crippen molar-refractivity contribution in [3.63, 3.8) is 0 Å². The van der Waals surface area contributed by atoms with Crippen molar-refractivity contribution in [1.29, 1.82) is 0 Å². The van der Waals surface area contributed by atoms with Crippen LogP contribution in [0.3, 0.4) is 0 Å². The summed E-state index contributed by atoms with van der Waals surface area (Å²) in [5, 5.41) is 2.85. The molecule has 0 saturated carbocycles. The standard InChI is InChI=1S/C11H14NO/c1-2-6-11(13)12-9-10-7-4-3-5-8-10/h4-5,7-8H,2,6,9H2,1H3,(H,12,13). The predicted molar refractivity (Wildman–Crippen MR) is 52.0 cm³/mol. The molecule has 2 nitrogen and oxygen atoms in total. The van der Waals surface area contributed by atoms with E-state index in [1.54, 1.807) is 0 Å². The average Bonchev–Trinajstić information content (AvgIpc) is 2.17. The molecule has 1 N–H and O–H groups in total. The van der Waals surface area contributed by atoms with Gasteiger partial charge in [0.2, 0.25) is 5.91 Å². The number of amides is 1. The lowest BCUT2D eigenvalue weighted by Gasteiger charge is -2.03. The molecule has 0 saturated heterocycles. The monoisotopic (exact) mass is 176 g/mol. The summed E-state index contributed by atoms with van der Waals surface area (Å²) in [6, 6.07) is 10.5. The quantitative estimate of drug-likeness (QED) is 0.746. The Morgan fingerprint density at radius 3 is 2.77 bits per heavy atom. The summed E-state index contributed by atoms with van der Waals surface area (Å²) in [6.07, 6.45) is 1.51. The van der Waals surface area contributed by atoms with E-state index in [2.05, 4.69) is 11.4 Å². The van der Waals surface area contributed by atoms with Crippen molar-refractivity contribution in [2.45, 2.75) is 26.3 Å². The van der Waals surface area contributed by atoms with Gasteiger partial charge in [0.15, 0.2) is 0 Å². The van der Waals surface area contributed by atoms with Crippen molar-refractivity contribution < 1.29 is 4.79 Å². The second-order valence-corrected chi connectivity index (χ2v) is 2.93. The zero-order valence-corrected chi connectivity index (χ0v) is 7.84. The minimum Gasteiger partial charge on any atom is -0.352 e. The van der Waals surface area contributed by atoms with Crippen LogP contribution < -0.4 is 5.32 Å². The van der Waals surface area contributed by atoms with Crippen LogP contribution in [0.4, 0.5) is 0 Å². The summed E-state index contributed by atoms with van der Waals surface area (Å²) in [4.78, 5) is 11.1. The molecule has 0 aromatic heterocycles. The summed E-state index contributed by atoms with van der Waals surface area (Å²) in [5.74, 6) is 0.121. The molecule has 1 radical (unpaired) electrons. The van der Waals surface area contributed by atoms with Crippen molar-refractivity contribution in [2.75, 3.05) is 0 Å². The Morgan fingerprint density at radius 1 is 1.46 bits per heavy atom. The first-order valence-corrected chi connectivity index (χ1v) is 4.54. The highest BCUT2D eigenvalue weighted by atomic mass is 16.1. The summed E-state index contributed by atoms with van der Waals surface area (Å²) in [6.45, 7) is 2.62. The van der Waals surface area contributed by atoms with Crippen LogP contribution in [0.15, 0.2) is 24.3 Å². The smallest absolute Gasteiger partial charge is 0.220 e. The molecule has 0 aliphatic rings. The highest BCUT2D eigenvalue weighted by molar-refractivity contribution is 5.75. The van der Waals surface area contributed by atoms with E-state index in [4.69, 9.17) is 0 Å². The minimum absolute atomic E-state index is 0.121. The molecule has 1 amide bonds. The fourth-order valence-corrected chi connectivity index (χ4v) is 1.06. The van der Waals surface area contributed by atoms with E-state index in [-0.39, 0.29) is 5.91 Å². The average molecular weight is 176 g/mol. The van der Waals surface area contributed by atoms with Gasteiger partial charge in [-0.1, -0.05) is 31.2 Å². The van der Waals surface area contributed by atoms with Crippen molar-refractivity contribution in [1.82, 2.24) is 5.32 Å². The fourth-order valence-electron chi connectivity index (χ4n) is 1.06. The molecule has 0 aliphatic carbocycles. The Hall–Kier alpha value is -1.31. The Labute approximate surface area is 79.0 Å². The molecule has 0 aliphatic heterocycles. The Morgan fingerprint density at radius 2 is 2.15 bits per heavy atom. The van der Waals surface area contributed by atoms with Crippen molar-refractivity contribution in [3.05, 3.63) is 35.9 Å². The molecular weight excluding hydrogens is 162 g/mol. The third kappa shape index (κ3) is 3.74. The number of carbonyl (C=O) groups excluding carboxylic acids is 1. The highest BCUT2D eigenvalue weighted by Crippen LogP contribution is 1.97. The van der Waals surface area contributed by atoms with E-state index in [0.717, 1.165) is 12.0 Å². The molecule has 0 atom stereocenters. The van der Waals surface area contributed by atoms with Crippen LogP contribution >= 0.6 is 0 Å². The van der Waals surface area contributed by atoms with Crippen LogP contribution in [-0.4, -0.2) is 5.91 Å². The van der Waals surface area contributed by atoms with Crippen LogP contribution in [-0.2, 0) is 11.3 Å². The highest BCUT2D eigenvalue weighted by Gasteiger charge is 1.97. The summed E-state index contributed by atoms with van der Waals surface area (Å²) < 4.78 is 0. The molecule has 69 valence electrons. The first-order chi connectivity index (χ1) is 6.33. The first kappa shape index (κ1) is 9.78. The third-order valence-corrected chi connectivity index (χ3v) is 1.75. The summed E-state index contributed by atoms with van der Waals surface area (Å²) in [7, 11) is 0. The van der Waals surface area contributed by atoms with Crippen LogP contribution in [0, 0.1) is 6.07 Å². The van der Waals surface area contributed by atoms with Crippen molar-refractivity contribution in [2.24, 2.45) is 0 Å². The van der Waals surface area contributed by atoms with E-state index in [1.807, 2.05) is 31.2 Å². The van der Waals surface area contributed by atoms with Gasteiger partial charge in [-0.05, 0) is 18.1 Å². The Balaban J connectivity index is 2.31. The first-order valence-electron chi connectivity index (χ1n) is 4.54. The number of hydrogen-bond donors (Lipinski definition) is 1. The van der Waals surface area contributed by atoms with Gasteiger partial charge in [-0.2, -0.15) is 0 Å². The summed E-state index contributed by atoms with van der Waals surface area (Å²) in [5.41, 5.74) is 1.11. The second kappa shape index (κ2) is 5.36. The van der Waals surface area contributed by atoms with E-state index in [0.29, 0.717) is 13.0 Å². The SMILES string of the molecule is CCCC(=O)NCc1cc[c]cc1. The maximum atomic E-state index is 11.1. The van der Waals surface area contributed by atoms with Crippen molar-refractivity contribution >= 4 is 5.91 Å². The van der Waals surface area contributed by atoms with Crippen LogP contribution in [0.1, 0.15) is 25.3 Å². The topological polar surface area (TPSA) is 29.1 Å². The zero-order valence-electron chi connectivity index (χ0n) is 7.84. The van der Waals surface area contributed by atoms with Gasteiger partial charge in [0.1, 0.15) is 0 Å². The fraction of sp³-hybridized carbons (Fsp3) is 0.364. The van der Waals surface area contributed by atoms with Gasteiger partial charge in [-0.3, -0.25) is 4.79 Å². The maximum absolute atomic E-state index is 11.1. The molecule has 0 spiro atoms. The number of hydrogen-bond acceptors (Lipinski definition) is 1. The van der Waals surface area contributed by atoms with E-state index in [1.165, 1.54) is 0 Å². The maximum Gasteiger partial charge on any atom is 0.220 e. The number of rotatable bonds is 4. The molecule has 0 fully saturated rings. The molecule has 13 heavy (non-hydrogen) atoms. The zero-order chi connectivity index (χ0) is 9.52. The third-order valence-electron chi connectivity index (χ3n) is 1.75. The lowest BCUT2D eigenvalue weighted by Crippen LogP contribution is -2.21. The van der Waals surface area contributed by atoms with Gasteiger partial charge < -0.3 is 5.32 Å². The van der Waals surface area contributed by atoms with E-state index >= 15 is 0 Å². The van der Waals surface area contributed by atoms with Gasteiger partial charge in [-0.25, -0.2) is 0 Å². The van der Waals surface area contributed by atoms with Gasteiger partial charge in [0.05, 0.1) is 0 Å². The van der Waals surface area contributed by atoms with Gasteiger partial charge >= 0.3 is 0 Å².